The van der Waals surface area contributed by atoms with E-state index in [1.165, 1.54) is 0 Å². The molecule has 1 amide bonds. The molecular weight excluding hydrogens is 344 g/mol. The van der Waals surface area contributed by atoms with Crippen molar-refractivity contribution in [2.75, 3.05) is 19.5 Å². The molecule has 0 fully saturated rings. The highest BCUT2D eigenvalue weighted by molar-refractivity contribution is 6.02. The Morgan fingerprint density at radius 3 is 2.56 bits per heavy atom. The van der Waals surface area contributed by atoms with E-state index in [4.69, 9.17) is 9.47 Å². The number of hydrogen-bond acceptors (Lipinski definition) is 5. The van der Waals surface area contributed by atoms with E-state index >= 15 is 0 Å². The molecule has 1 aliphatic rings. The average molecular weight is 364 g/mol. The van der Waals surface area contributed by atoms with Crippen LogP contribution in [0.2, 0.25) is 0 Å². The number of aromatic nitrogens is 2. The van der Waals surface area contributed by atoms with Crippen LogP contribution in [0.1, 0.15) is 27.7 Å². The van der Waals surface area contributed by atoms with Crippen LogP contribution in [-0.4, -0.2) is 29.9 Å². The molecule has 0 radical (unpaired) electrons. The predicted molar refractivity (Wildman–Crippen MR) is 101 cm³/mol. The zero-order valence-corrected chi connectivity index (χ0v) is 15.1. The Kier molecular flexibility index (Phi) is 4.42. The van der Waals surface area contributed by atoms with Crippen molar-refractivity contribution in [1.29, 1.82) is 0 Å². The van der Waals surface area contributed by atoms with E-state index in [1.807, 2.05) is 29.1 Å². The summed E-state index contributed by atoms with van der Waals surface area (Å²) >= 11 is 0. The van der Waals surface area contributed by atoms with Gasteiger partial charge in [-0.15, -0.1) is 0 Å². The topological polar surface area (TPSA) is 77.4 Å². The van der Waals surface area contributed by atoms with E-state index in [1.54, 1.807) is 32.5 Å². The molecule has 1 unspecified atom stereocenters. The van der Waals surface area contributed by atoms with Crippen LogP contribution in [-0.2, 0) is 6.54 Å². The third kappa shape index (κ3) is 3.31. The molecule has 2 heterocycles. The SMILES string of the molecule is COc1cc2c(cc1OC)C(=O)NC(c1cnn(Cc3ccccc3)c1)N2. The lowest BCUT2D eigenvalue weighted by atomic mass is 10.1. The van der Waals surface area contributed by atoms with Crippen molar-refractivity contribution in [2.24, 2.45) is 0 Å². The average Bonchev–Trinajstić information content (AvgIpc) is 3.16. The van der Waals surface area contributed by atoms with Crippen LogP contribution in [0.5, 0.6) is 11.5 Å². The number of methoxy groups -OCH3 is 2. The number of nitrogens with one attached hydrogen (secondary N) is 2. The van der Waals surface area contributed by atoms with Crippen LogP contribution in [0.15, 0.2) is 54.9 Å². The van der Waals surface area contributed by atoms with Gasteiger partial charge in [-0.2, -0.15) is 5.10 Å². The van der Waals surface area contributed by atoms with Gasteiger partial charge in [0.25, 0.3) is 5.91 Å². The Balaban J connectivity index is 1.57. The van der Waals surface area contributed by atoms with E-state index in [0.29, 0.717) is 29.3 Å². The van der Waals surface area contributed by atoms with Gasteiger partial charge in [0.2, 0.25) is 0 Å². The van der Waals surface area contributed by atoms with Crippen LogP contribution in [0.4, 0.5) is 5.69 Å². The maximum atomic E-state index is 12.6. The monoisotopic (exact) mass is 364 g/mol. The predicted octanol–water partition coefficient (Wildman–Crippen LogP) is 2.80. The van der Waals surface area contributed by atoms with Gasteiger partial charge in [-0.25, -0.2) is 0 Å². The zero-order valence-electron chi connectivity index (χ0n) is 15.1. The highest BCUT2D eigenvalue weighted by atomic mass is 16.5. The second kappa shape index (κ2) is 7.03. The van der Waals surface area contributed by atoms with Crippen molar-refractivity contribution in [3.05, 3.63) is 71.5 Å². The standard InChI is InChI=1S/C20H20N4O3/c1-26-17-8-15-16(9-18(17)27-2)22-19(23-20(15)25)14-10-21-24(12-14)11-13-6-4-3-5-7-13/h3-10,12,19,22H,11H2,1-2H3,(H,23,25). The molecule has 27 heavy (non-hydrogen) atoms. The maximum absolute atomic E-state index is 12.6. The molecule has 2 aromatic carbocycles. The number of rotatable bonds is 5. The Morgan fingerprint density at radius 2 is 1.81 bits per heavy atom. The maximum Gasteiger partial charge on any atom is 0.255 e. The largest absolute Gasteiger partial charge is 0.493 e. The highest BCUT2D eigenvalue weighted by Crippen LogP contribution is 2.36. The Labute approximate surface area is 156 Å². The summed E-state index contributed by atoms with van der Waals surface area (Å²) in [6.07, 6.45) is 3.32. The Morgan fingerprint density at radius 1 is 1.07 bits per heavy atom. The molecule has 1 aromatic heterocycles. The van der Waals surface area contributed by atoms with E-state index in [0.717, 1.165) is 11.1 Å². The molecule has 7 nitrogen and oxygen atoms in total. The van der Waals surface area contributed by atoms with Crippen molar-refractivity contribution in [3.63, 3.8) is 0 Å². The van der Waals surface area contributed by atoms with Gasteiger partial charge < -0.3 is 20.1 Å². The smallest absolute Gasteiger partial charge is 0.255 e. The van der Waals surface area contributed by atoms with Gasteiger partial charge in [0.05, 0.1) is 38.2 Å². The van der Waals surface area contributed by atoms with Gasteiger partial charge in [-0.05, 0) is 11.6 Å². The summed E-state index contributed by atoms with van der Waals surface area (Å²) < 4.78 is 12.5. The first kappa shape index (κ1) is 17.0. The molecule has 2 N–H and O–H groups in total. The van der Waals surface area contributed by atoms with Crippen molar-refractivity contribution < 1.29 is 14.3 Å². The molecule has 138 valence electrons. The minimum atomic E-state index is -0.368. The lowest BCUT2D eigenvalue weighted by Gasteiger charge is -2.28. The van der Waals surface area contributed by atoms with Gasteiger partial charge in [0.15, 0.2) is 11.5 Å². The molecular formula is C20H20N4O3. The summed E-state index contributed by atoms with van der Waals surface area (Å²) in [5.41, 5.74) is 3.24. The lowest BCUT2D eigenvalue weighted by molar-refractivity contribution is 0.0935. The molecule has 1 aliphatic heterocycles. The fourth-order valence-corrected chi connectivity index (χ4v) is 3.14. The van der Waals surface area contributed by atoms with E-state index in [2.05, 4.69) is 27.9 Å². The number of benzene rings is 2. The van der Waals surface area contributed by atoms with Crippen LogP contribution < -0.4 is 20.1 Å². The third-order valence-electron chi connectivity index (χ3n) is 4.52. The van der Waals surface area contributed by atoms with E-state index in [9.17, 15) is 4.79 Å². The van der Waals surface area contributed by atoms with Gasteiger partial charge in [-0.3, -0.25) is 9.48 Å². The van der Waals surface area contributed by atoms with Crippen molar-refractivity contribution in [3.8, 4) is 11.5 Å². The number of amides is 1. The van der Waals surface area contributed by atoms with Crippen LogP contribution in [0.3, 0.4) is 0 Å². The van der Waals surface area contributed by atoms with Gasteiger partial charge >= 0.3 is 0 Å². The van der Waals surface area contributed by atoms with Crippen LogP contribution in [0, 0.1) is 0 Å². The fourth-order valence-electron chi connectivity index (χ4n) is 3.14. The molecule has 3 aromatic rings. The first-order valence-corrected chi connectivity index (χ1v) is 8.57. The third-order valence-corrected chi connectivity index (χ3v) is 4.52. The summed E-state index contributed by atoms with van der Waals surface area (Å²) in [6.45, 7) is 0.670. The molecule has 7 heteroatoms. The molecule has 0 aliphatic carbocycles. The van der Waals surface area contributed by atoms with Crippen LogP contribution in [0.25, 0.3) is 0 Å². The second-order valence-electron chi connectivity index (χ2n) is 6.26. The minimum Gasteiger partial charge on any atom is -0.493 e. The molecule has 0 saturated heterocycles. The van der Waals surface area contributed by atoms with Gasteiger partial charge in [0.1, 0.15) is 6.17 Å². The van der Waals surface area contributed by atoms with Crippen molar-refractivity contribution in [1.82, 2.24) is 15.1 Å². The summed E-state index contributed by atoms with van der Waals surface area (Å²) in [4.78, 5) is 12.6. The fraction of sp³-hybridized carbons (Fsp3) is 0.200. The number of hydrogen-bond donors (Lipinski definition) is 2. The number of carbonyl (C=O) groups is 1. The number of fused-ring (bicyclic) bond motifs is 1. The lowest BCUT2D eigenvalue weighted by Crippen LogP contribution is -2.38. The Bertz CT molecular complexity index is 969. The van der Waals surface area contributed by atoms with Gasteiger partial charge in [-0.1, -0.05) is 30.3 Å². The molecule has 1 atom stereocenters. The first-order valence-electron chi connectivity index (χ1n) is 8.57. The Hall–Kier alpha value is -3.48. The number of carbonyl (C=O) groups excluding carboxylic acids is 1. The zero-order chi connectivity index (χ0) is 18.8. The minimum absolute atomic E-state index is 0.175. The molecule has 0 spiro atoms. The summed E-state index contributed by atoms with van der Waals surface area (Å²) in [6, 6.07) is 13.5. The summed E-state index contributed by atoms with van der Waals surface area (Å²) in [7, 11) is 3.11. The molecule has 0 bridgehead atoms. The van der Waals surface area contributed by atoms with E-state index < -0.39 is 0 Å². The summed E-state index contributed by atoms with van der Waals surface area (Å²) in [5.74, 6) is 0.907. The van der Waals surface area contributed by atoms with Crippen molar-refractivity contribution in [2.45, 2.75) is 12.7 Å². The second-order valence-corrected chi connectivity index (χ2v) is 6.26. The molecule has 4 rings (SSSR count). The number of nitrogens with zero attached hydrogens (tertiary/aromatic N) is 2. The van der Waals surface area contributed by atoms with E-state index in [-0.39, 0.29) is 12.1 Å². The highest BCUT2D eigenvalue weighted by Gasteiger charge is 2.27. The summed E-state index contributed by atoms with van der Waals surface area (Å²) in [5, 5.41) is 10.7. The van der Waals surface area contributed by atoms with Gasteiger partial charge in [0, 0.05) is 17.8 Å². The quantitative estimate of drug-likeness (QED) is 0.728. The number of ether oxygens (including phenoxy) is 2. The van der Waals surface area contributed by atoms with Crippen molar-refractivity contribution >= 4 is 11.6 Å². The first-order chi connectivity index (χ1) is 13.2. The van der Waals surface area contributed by atoms with Crippen LogP contribution >= 0.6 is 0 Å². The number of anilines is 1. The normalized spacial score (nSPS) is 15.5. The molecule has 0 saturated carbocycles.